The molecule has 0 aromatic carbocycles. The van der Waals surface area contributed by atoms with Crippen LogP contribution in [0.4, 0.5) is 0 Å². The predicted molar refractivity (Wildman–Crippen MR) is 77.7 cm³/mol. The first-order valence-electron chi connectivity index (χ1n) is 7.66. The third-order valence-electron chi connectivity index (χ3n) is 3.10. The van der Waals surface area contributed by atoms with Gasteiger partial charge in [-0.05, 0) is 12.8 Å². The van der Waals surface area contributed by atoms with E-state index in [4.69, 9.17) is 19.7 Å². The van der Waals surface area contributed by atoms with Crippen LogP contribution in [0.2, 0.25) is 0 Å². The Morgan fingerprint density at radius 2 is 1.62 bits per heavy atom. The first-order valence-corrected chi connectivity index (χ1v) is 7.66. The number of Topliss-reactive ketones (excluding diaryl/α,β-unsaturated/α-hetero) is 1. The molecule has 0 spiro atoms. The molecule has 1 aliphatic carbocycles. The number of rotatable bonds is 9. The maximum absolute atomic E-state index is 10.8. The molecule has 1 fully saturated rings. The molecule has 6 heteroatoms. The fourth-order valence-electron chi connectivity index (χ4n) is 1.83. The van der Waals surface area contributed by atoms with Crippen LogP contribution in [0.1, 0.15) is 51.9 Å². The Hall–Kier alpha value is 0.0944. The minimum absolute atomic E-state index is 0. The summed E-state index contributed by atoms with van der Waals surface area (Å²) in [4.78, 5) is 10.8. The van der Waals surface area contributed by atoms with E-state index >= 15 is 0 Å². The molecular formula is C15H30O5V. The fraction of sp³-hybridized carbons (Fsp3) is 0.933. The molecule has 1 saturated carbocycles. The largest absolute Gasteiger partial charge is 0.394 e. The molecule has 1 rings (SSSR count). The Morgan fingerprint density at radius 1 is 1.05 bits per heavy atom. The van der Waals surface area contributed by atoms with Crippen LogP contribution in [0.5, 0.6) is 0 Å². The summed E-state index contributed by atoms with van der Waals surface area (Å²) >= 11 is 0. The smallest absolute Gasteiger partial charge is 0.134 e. The third-order valence-corrected chi connectivity index (χ3v) is 3.10. The Morgan fingerprint density at radius 3 is 2.05 bits per heavy atom. The Balaban J connectivity index is 0. The summed E-state index contributed by atoms with van der Waals surface area (Å²) in [5.74, 6) is 0.219. The quantitative estimate of drug-likeness (QED) is 0.624. The van der Waals surface area contributed by atoms with Crippen molar-refractivity contribution >= 4 is 5.78 Å². The molecule has 5 nitrogen and oxygen atoms in total. The van der Waals surface area contributed by atoms with Gasteiger partial charge >= 0.3 is 0 Å². The standard InChI is InChI=1S/C9H18O4.C6H12O.V/c1-2-9(11)3-5-12-7-8-13-6-4-10;7-6-4-2-1-3-5-6;/h10H,2-8H2,1H3;6-7H,1-5H2;. The summed E-state index contributed by atoms with van der Waals surface area (Å²) < 4.78 is 10.1. The van der Waals surface area contributed by atoms with Crippen LogP contribution in [0.3, 0.4) is 0 Å². The van der Waals surface area contributed by atoms with E-state index in [-0.39, 0.29) is 37.0 Å². The average Bonchev–Trinajstić information content (AvgIpc) is 2.47. The Kier molecular flexibility index (Phi) is 20.2. The zero-order valence-electron chi connectivity index (χ0n) is 13.1. The van der Waals surface area contributed by atoms with Gasteiger partial charge in [0.2, 0.25) is 0 Å². The molecule has 0 aliphatic heterocycles. The van der Waals surface area contributed by atoms with Gasteiger partial charge in [0.25, 0.3) is 0 Å². The van der Waals surface area contributed by atoms with Crippen molar-refractivity contribution in [3.05, 3.63) is 0 Å². The second kappa shape index (κ2) is 18.1. The van der Waals surface area contributed by atoms with E-state index in [9.17, 15) is 4.79 Å². The van der Waals surface area contributed by atoms with Gasteiger partial charge in [0, 0.05) is 31.4 Å². The van der Waals surface area contributed by atoms with Crippen molar-refractivity contribution in [2.75, 3.05) is 33.0 Å². The van der Waals surface area contributed by atoms with Crippen LogP contribution in [0, 0.1) is 0 Å². The molecule has 0 bridgehead atoms. The van der Waals surface area contributed by atoms with E-state index in [1.807, 2.05) is 6.92 Å². The molecule has 2 N–H and O–H groups in total. The minimum atomic E-state index is 0. The number of ether oxygens (including phenoxy) is 2. The second-order valence-corrected chi connectivity index (χ2v) is 4.88. The summed E-state index contributed by atoms with van der Waals surface area (Å²) in [6.45, 7) is 3.64. The van der Waals surface area contributed by atoms with Gasteiger partial charge in [-0.3, -0.25) is 4.79 Å². The molecule has 0 amide bonds. The number of hydrogen-bond donors (Lipinski definition) is 2. The van der Waals surface area contributed by atoms with Gasteiger partial charge < -0.3 is 19.7 Å². The van der Waals surface area contributed by atoms with E-state index in [0.29, 0.717) is 39.3 Å². The summed E-state index contributed by atoms with van der Waals surface area (Å²) in [5.41, 5.74) is 0. The average molecular weight is 341 g/mol. The molecule has 1 aliphatic rings. The van der Waals surface area contributed by atoms with Gasteiger partial charge in [0.05, 0.1) is 39.1 Å². The minimum Gasteiger partial charge on any atom is -0.394 e. The summed E-state index contributed by atoms with van der Waals surface area (Å²) in [5, 5.41) is 17.3. The molecule has 0 aromatic heterocycles. The molecule has 125 valence electrons. The third kappa shape index (κ3) is 18.0. The number of ketones is 1. The van der Waals surface area contributed by atoms with Crippen LogP contribution < -0.4 is 0 Å². The Bertz CT molecular complexity index is 220. The first kappa shape index (κ1) is 23.4. The number of hydrogen-bond acceptors (Lipinski definition) is 5. The van der Waals surface area contributed by atoms with Crippen molar-refractivity contribution in [3.8, 4) is 0 Å². The molecule has 0 unspecified atom stereocenters. The fourth-order valence-corrected chi connectivity index (χ4v) is 1.83. The number of aliphatic hydroxyl groups is 2. The summed E-state index contributed by atoms with van der Waals surface area (Å²) in [6, 6.07) is 0. The van der Waals surface area contributed by atoms with Crippen molar-refractivity contribution < 1.29 is 43.0 Å². The number of aliphatic hydroxyl groups excluding tert-OH is 2. The van der Waals surface area contributed by atoms with Crippen molar-refractivity contribution in [1.82, 2.24) is 0 Å². The van der Waals surface area contributed by atoms with Gasteiger partial charge in [-0.2, -0.15) is 0 Å². The number of carbonyl (C=O) groups is 1. The Labute approximate surface area is 140 Å². The molecule has 0 heterocycles. The molecule has 1 radical (unpaired) electrons. The molecule has 0 aromatic rings. The van der Waals surface area contributed by atoms with Crippen LogP contribution in [0.15, 0.2) is 0 Å². The number of carbonyl (C=O) groups excluding carboxylic acids is 1. The maximum atomic E-state index is 10.8. The summed E-state index contributed by atoms with van der Waals surface area (Å²) in [7, 11) is 0. The molecule has 0 atom stereocenters. The van der Waals surface area contributed by atoms with Gasteiger partial charge in [-0.25, -0.2) is 0 Å². The molecule has 0 saturated heterocycles. The van der Waals surface area contributed by atoms with Crippen molar-refractivity contribution in [2.24, 2.45) is 0 Å². The van der Waals surface area contributed by atoms with Gasteiger partial charge in [0.15, 0.2) is 0 Å². The van der Waals surface area contributed by atoms with Crippen LogP contribution >= 0.6 is 0 Å². The van der Waals surface area contributed by atoms with Gasteiger partial charge in [-0.1, -0.05) is 26.2 Å². The van der Waals surface area contributed by atoms with Crippen LogP contribution in [-0.4, -0.2) is 55.1 Å². The maximum Gasteiger partial charge on any atom is 0.134 e. The van der Waals surface area contributed by atoms with Gasteiger partial charge in [-0.15, -0.1) is 0 Å². The normalized spacial score (nSPS) is 14.8. The topological polar surface area (TPSA) is 76.0 Å². The van der Waals surface area contributed by atoms with Crippen molar-refractivity contribution in [1.29, 1.82) is 0 Å². The zero-order valence-corrected chi connectivity index (χ0v) is 14.5. The van der Waals surface area contributed by atoms with Crippen LogP contribution in [0.25, 0.3) is 0 Å². The summed E-state index contributed by atoms with van der Waals surface area (Å²) in [6.07, 6.45) is 6.98. The zero-order chi connectivity index (χ0) is 15.1. The van der Waals surface area contributed by atoms with Gasteiger partial charge in [0.1, 0.15) is 5.78 Å². The van der Waals surface area contributed by atoms with E-state index < -0.39 is 0 Å². The van der Waals surface area contributed by atoms with E-state index in [2.05, 4.69) is 0 Å². The molecular weight excluding hydrogens is 311 g/mol. The monoisotopic (exact) mass is 341 g/mol. The first-order chi connectivity index (χ1) is 9.70. The second-order valence-electron chi connectivity index (χ2n) is 4.88. The predicted octanol–water partition coefficient (Wildman–Crippen LogP) is 1.69. The van der Waals surface area contributed by atoms with Crippen molar-refractivity contribution in [2.45, 2.75) is 58.0 Å². The van der Waals surface area contributed by atoms with Crippen molar-refractivity contribution in [3.63, 3.8) is 0 Å². The SMILES string of the molecule is CCC(=O)CCOCCOCCO.OC1CCCCC1.[V]. The van der Waals surface area contributed by atoms with E-state index in [1.165, 1.54) is 19.3 Å². The van der Waals surface area contributed by atoms with Crippen LogP contribution in [-0.2, 0) is 32.8 Å². The van der Waals surface area contributed by atoms with E-state index in [1.54, 1.807) is 0 Å². The van der Waals surface area contributed by atoms with E-state index in [0.717, 1.165) is 12.8 Å². The molecule has 21 heavy (non-hydrogen) atoms.